The first-order valence-electron chi connectivity index (χ1n) is 3.38. The van der Waals surface area contributed by atoms with Gasteiger partial charge in [0, 0.05) is 6.07 Å². The molecule has 0 bridgehead atoms. The van der Waals surface area contributed by atoms with E-state index in [-0.39, 0.29) is 21.3 Å². The van der Waals surface area contributed by atoms with Crippen LogP contribution in [0.3, 0.4) is 0 Å². The number of nitro groups is 1. The van der Waals surface area contributed by atoms with Gasteiger partial charge in [-0.05, 0) is 22.0 Å². The largest absolute Gasteiger partial charge is 0.284 e. The number of nitriles is 2. The van der Waals surface area contributed by atoms with Crippen LogP contribution >= 0.6 is 15.9 Å². The predicted molar refractivity (Wildman–Crippen MR) is 50.2 cm³/mol. The second-order valence-corrected chi connectivity index (χ2v) is 3.18. The number of hydrogen-bond donors (Lipinski definition) is 0. The summed E-state index contributed by atoms with van der Waals surface area (Å²) in [5, 5.41) is 27.7. The average molecular weight is 252 g/mol. The maximum atomic E-state index is 10.5. The molecule has 0 saturated heterocycles. The number of nitro benzene ring substituents is 1. The lowest BCUT2D eigenvalue weighted by Crippen LogP contribution is -1.93. The van der Waals surface area contributed by atoms with E-state index in [1.807, 2.05) is 0 Å². The van der Waals surface area contributed by atoms with Crippen molar-refractivity contribution >= 4 is 21.6 Å². The van der Waals surface area contributed by atoms with Gasteiger partial charge >= 0.3 is 0 Å². The lowest BCUT2D eigenvalue weighted by Gasteiger charge is -1.97. The molecule has 0 heterocycles. The highest BCUT2D eigenvalue weighted by Crippen LogP contribution is 2.27. The lowest BCUT2D eigenvalue weighted by molar-refractivity contribution is -0.385. The molecule has 0 aliphatic heterocycles. The fourth-order valence-corrected chi connectivity index (χ4v) is 1.37. The molecule has 6 heteroatoms. The van der Waals surface area contributed by atoms with Gasteiger partial charge in [0.2, 0.25) is 0 Å². The molecule has 68 valence electrons. The van der Waals surface area contributed by atoms with Gasteiger partial charge in [-0.25, -0.2) is 0 Å². The maximum absolute atomic E-state index is 10.5. The molecule has 0 aromatic heterocycles. The van der Waals surface area contributed by atoms with Crippen LogP contribution in [0.25, 0.3) is 0 Å². The van der Waals surface area contributed by atoms with Gasteiger partial charge in [0.25, 0.3) is 5.69 Å². The third-order valence-corrected chi connectivity index (χ3v) is 2.16. The predicted octanol–water partition coefficient (Wildman–Crippen LogP) is 2.10. The second-order valence-electron chi connectivity index (χ2n) is 2.33. The van der Waals surface area contributed by atoms with Gasteiger partial charge in [-0.15, -0.1) is 0 Å². The number of rotatable bonds is 1. The van der Waals surface area contributed by atoms with Crippen molar-refractivity contribution in [3.05, 3.63) is 37.8 Å². The molecule has 0 aliphatic rings. The monoisotopic (exact) mass is 251 g/mol. The summed E-state index contributed by atoms with van der Waals surface area (Å²) in [6.07, 6.45) is 0. The van der Waals surface area contributed by atoms with E-state index >= 15 is 0 Å². The first-order chi connectivity index (χ1) is 6.60. The molecule has 0 N–H and O–H groups in total. The third-order valence-electron chi connectivity index (χ3n) is 1.52. The van der Waals surface area contributed by atoms with Crippen molar-refractivity contribution < 1.29 is 4.92 Å². The van der Waals surface area contributed by atoms with Crippen LogP contribution in [0.1, 0.15) is 11.1 Å². The molecule has 5 nitrogen and oxygen atoms in total. The Labute approximate surface area is 87.5 Å². The van der Waals surface area contributed by atoms with Crippen LogP contribution in [-0.4, -0.2) is 4.92 Å². The first kappa shape index (κ1) is 10.2. The second kappa shape index (κ2) is 3.86. The minimum absolute atomic E-state index is 0.00222. The number of benzene rings is 1. The molecular weight excluding hydrogens is 250 g/mol. The molecule has 1 aromatic carbocycles. The van der Waals surface area contributed by atoms with Crippen molar-refractivity contribution in [1.29, 1.82) is 10.5 Å². The molecule has 0 spiro atoms. The van der Waals surface area contributed by atoms with Crippen molar-refractivity contribution in [3.63, 3.8) is 0 Å². The van der Waals surface area contributed by atoms with E-state index in [2.05, 4.69) is 15.9 Å². The maximum Gasteiger partial charge on any atom is 0.284 e. The van der Waals surface area contributed by atoms with E-state index in [1.165, 1.54) is 6.07 Å². The fourth-order valence-electron chi connectivity index (χ4n) is 0.887. The van der Waals surface area contributed by atoms with Crippen LogP contribution in [0, 0.1) is 32.8 Å². The Morgan fingerprint density at radius 2 is 1.79 bits per heavy atom. The van der Waals surface area contributed by atoms with Crippen molar-refractivity contribution in [3.8, 4) is 12.1 Å². The van der Waals surface area contributed by atoms with Crippen molar-refractivity contribution in [2.75, 3.05) is 0 Å². The Bertz CT molecular complexity index is 485. The number of halogens is 1. The summed E-state index contributed by atoms with van der Waals surface area (Å²) < 4.78 is 0.193. The highest BCUT2D eigenvalue weighted by atomic mass is 79.9. The van der Waals surface area contributed by atoms with Crippen LogP contribution in [0.2, 0.25) is 0 Å². The van der Waals surface area contributed by atoms with Crippen molar-refractivity contribution in [1.82, 2.24) is 0 Å². The molecule has 0 fully saturated rings. The van der Waals surface area contributed by atoms with E-state index in [0.29, 0.717) is 0 Å². The summed E-state index contributed by atoms with van der Waals surface area (Å²) in [7, 11) is 0. The molecule has 0 unspecified atom stereocenters. The van der Waals surface area contributed by atoms with Crippen LogP contribution < -0.4 is 0 Å². The van der Waals surface area contributed by atoms with Gasteiger partial charge in [0.1, 0.15) is 12.1 Å². The molecule has 0 aliphatic carbocycles. The smallest absolute Gasteiger partial charge is 0.258 e. The topological polar surface area (TPSA) is 90.7 Å². The van der Waals surface area contributed by atoms with E-state index < -0.39 is 4.92 Å². The van der Waals surface area contributed by atoms with Gasteiger partial charge in [0.15, 0.2) is 0 Å². The third kappa shape index (κ3) is 1.70. The van der Waals surface area contributed by atoms with E-state index in [1.54, 1.807) is 12.1 Å². The van der Waals surface area contributed by atoms with E-state index in [4.69, 9.17) is 10.5 Å². The summed E-state index contributed by atoms with van der Waals surface area (Å²) in [4.78, 5) is 9.85. The molecule has 0 saturated carbocycles. The standard InChI is InChI=1S/C8H2BrN3O2/c9-7-1-5(3-10)6(4-11)2-8(7)12(13)14/h1-2H. The Kier molecular flexibility index (Phi) is 2.80. The number of hydrogen-bond acceptors (Lipinski definition) is 4. The summed E-state index contributed by atoms with van der Waals surface area (Å²) >= 11 is 2.95. The molecule has 1 rings (SSSR count). The molecule has 0 radical (unpaired) electrons. The number of nitrogens with zero attached hydrogens (tertiary/aromatic N) is 3. The molecule has 0 atom stereocenters. The van der Waals surface area contributed by atoms with Gasteiger partial charge in [0.05, 0.1) is 20.5 Å². The highest BCUT2D eigenvalue weighted by Gasteiger charge is 2.15. The Balaban J connectivity index is 3.50. The minimum atomic E-state index is -0.619. The average Bonchev–Trinajstić information content (AvgIpc) is 2.16. The highest BCUT2D eigenvalue weighted by molar-refractivity contribution is 9.10. The Morgan fingerprint density at radius 1 is 1.29 bits per heavy atom. The zero-order chi connectivity index (χ0) is 10.7. The van der Waals surface area contributed by atoms with Crippen LogP contribution in [0.5, 0.6) is 0 Å². The van der Waals surface area contributed by atoms with Gasteiger partial charge in [-0.2, -0.15) is 10.5 Å². The molecule has 0 amide bonds. The summed E-state index contributed by atoms with van der Waals surface area (Å²) in [5.41, 5.74) is -0.104. The van der Waals surface area contributed by atoms with Gasteiger partial charge in [-0.1, -0.05) is 0 Å². The Hall–Kier alpha value is -1.92. The van der Waals surface area contributed by atoms with Gasteiger partial charge < -0.3 is 0 Å². The zero-order valence-corrected chi connectivity index (χ0v) is 8.28. The molecule has 1 aromatic rings. The van der Waals surface area contributed by atoms with Gasteiger partial charge in [-0.3, -0.25) is 10.1 Å². The fraction of sp³-hybridized carbons (Fsp3) is 0. The summed E-state index contributed by atoms with van der Waals surface area (Å²) in [5.74, 6) is 0. The minimum Gasteiger partial charge on any atom is -0.258 e. The summed E-state index contributed by atoms with van der Waals surface area (Å²) in [6.45, 7) is 0. The quantitative estimate of drug-likeness (QED) is 0.565. The SMILES string of the molecule is N#Cc1cc(Br)c([N+](=O)[O-])cc1C#N. The van der Waals surface area contributed by atoms with Crippen molar-refractivity contribution in [2.45, 2.75) is 0 Å². The molecule has 14 heavy (non-hydrogen) atoms. The van der Waals surface area contributed by atoms with E-state index in [0.717, 1.165) is 6.07 Å². The van der Waals surface area contributed by atoms with Crippen LogP contribution in [0.4, 0.5) is 5.69 Å². The molecular formula is C8H2BrN3O2. The Morgan fingerprint density at radius 3 is 2.21 bits per heavy atom. The first-order valence-corrected chi connectivity index (χ1v) is 4.17. The normalized spacial score (nSPS) is 8.79. The van der Waals surface area contributed by atoms with Crippen LogP contribution in [0.15, 0.2) is 16.6 Å². The lowest BCUT2D eigenvalue weighted by atomic mass is 10.1. The zero-order valence-electron chi connectivity index (χ0n) is 6.69. The summed E-state index contributed by atoms with van der Waals surface area (Å²) in [6, 6.07) is 5.83. The van der Waals surface area contributed by atoms with Crippen LogP contribution in [-0.2, 0) is 0 Å². The van der Waals surface area contributed by atoms with E-state index in [9.17, 15) is 10.1 Å². The van der Waals surface area contributed by atoms with Crippen molar-refractivity contribution in [2.24, 2.45) is 0 Å².